The molecule has 1 aromatic rings. The summed E-state index contributed by atoms with van der Waals surface area (Å²) in [6, 6.07) is -0.264. The fourth-order valence-corrected chi connectivity index (χ4v) is 2.66. The van der Waals surface area contributed by atoms with Gasteiger partial charge in [-0.1, -0.05) is 32.9 Å². The fourth-order valence-electron chi connectivity index (χ4n) is 2.66. The van der Waals surface area contributed by atoms with E-state index >= 15 is 0 Å². The number of methoxy groups -OCH3 is 1. The van der Waals surface area contributed by atoms with Crippen LogP contribution in [0, 0.1) is 11.3 Å². The maximum absolute atomic E-state index is 6.18. The molecule has 0 bridgehead atoms. The van der Waals surface area contributed by atoms with Crippen LogP contribution in [0.4, 0.5) is 0 Å². The minimum atomic E-state index is -0.397. The van der Waals surface area contributed by atoms with Gasteiger partial charge in [0.1, 0.15) is 5.60 Å². The van der Waals surface area contributed by atoms with Crippen LogP contribution >= 0.6 is 0 Å². The van der Waals surface area contributed by atoms with Gasteiger partial charge in [-0.05, 0) is 37.0 Å². The molecular formula is C15H27N3O2. The predicted octanol–water partition coefficient (Wildman–Crippen LogP) is 3.17. The molecule has 0 radical (unpaired) electrons. The molecule has 1 fully saturated rings. The lowest BCUT2D eigenvalue weighted by atomic mass is 9.79. The molecule has 1 heterocycles. The van der Waals surface area contributed by atoms with Gasteiger partial charge in [0.15, 0.2) is 0 Å². The molecular weight excluding hydrogens is 254 g/mol. The molecule has 1 atom stereocenters. The van der Waals surface area contributed by atoms with E-state index in [0.717, 1.165) is 31.6 Å². The molecule has 1 aliphatic carbocycles. The average Bonchev–Trinajstić information content (AvgIpc) is 2.88. The molecule has 1 aromatic heterocycles. The topological polar surface area (TPSA) is 74.2 Å². The minimum absolute atomic E-state index is 0.106. The van der Waals surface area contributed by atoms with E-state index in [2.05, 4.69) is 37.8 Å². The average molecular weight is 281 g/mol. The summed E-state index contributed by atoms with van der Waals surface area (Å²) < 4.78 is 11.2. The second-order valence-corrected chi connectivity index (χ2v) is 7.18. The molecule has 0 amide bonds. The van der Waals surface area contributed by atoms with Gasteiger partial charge >= 0.3 is 0 Å². The van der Waals surface area contributed by atoms with Gasteiger partial charge < -0.3 is 15.0 Å². The van der Waals surface area contributed by atoms with Crippen molar-refractivity contribution in [1.82, 2.24) is 10.1 Å². The smallest absolute Gasteiger partial charge is 0.244 e. The normalized spacial score (nSPS) is 29.4. The zero-order valence-electron chi connectivity index (χ0n) is 13.3. The standard InChI is InChI=1S/C15H27N3O2/c1-10-6-8-15(19-5,9-7-10)13-17-12(20-18-13)11(16)14(2,3)4/h10-11H,6-9,16H2,1-5H3. The molecule has 0 aliphatic heterocycles. The van der Waals surface area contributed by atoms with E-state index in [1.165, 1.54) is 0 Å². The second kappa shape index (κ2) is 5.45. The van der Waals surface area contributed by atoms with Crippen LogP contribution in [0.2, 0.25) is 0 Å². The summed E-state index contributed by atoms with van der Waals surface area (Å²) in [5.41, 5.74) is 5.68. The Hall–Kier alpha value is -0.940. The molecule has 20 heavy (non-hydrogen) atoms. The van der Waals surface area contributed by atoms with E-state index in [-0.39, 0.29) is 11.5 Å². The van der Waals surface area contributed by atoms with Crippen molar-refractivity contribution in [2.24, 2.45) is 17.1 Å². The number of hydrogen-bond donors (Lipinski definition) is 1. The third-order valence-corrected chi connectivity index (χ3v) is 4.52. The third-order valence-electron chi connectivity index (χ3n) is 4.52. The summed E-state index contributed by atoms with van der Waals surface area (Å²) in [5, 5.41) is 4.15. The Morgan fingerprint density at radius 1 is 1.35 bits per heavy atom. The first-order valence-electron chi connectivity index (χ1n) is 7.43. The number of aromatic nitrogens is 2. The molecule has 2 rings (SSSR count). The summed E-state index contributed by atoms with van der Waals surface area (Å²) in [6.45, 7) is 8.47. The number of hydrogen-bond acceptors (Lipinski definition) is 5. The van der Waals surface area contributed by atoms with E-state index < -0.39 is 5.60 Å². The summed E-state index contributed by atoms with van der Waals surface area (Å²) in [4.78, 5) is 4.54. The van der Waals surface area contributed by atoms with E-state index in [1.807, 2.05) is 0 Å². The van der Waals surface area contributed by atoms with Crippen molar-refractivity contribution in [2.45, 2.75) is 65.0 Å². The quantitative estimate of drug-likeness (QED) is 0.921. The van der Waals surface area contributed by atoms with Crippen molar-refractivity contribution in [2.75, 3.05) is 7.11 Å². The van der Waals surface area contributed by atoms with Gasteiger partial charge in [0, 0.05) is 7.11 Å². The first-order valence-corrected chi connectivity index (χ1v) is 7.43. The molecule has 5 heteroatoms. The highest BCUT2D eigenvalue weighted by Gasteiger charge is 2.41. The number of ether oxygens (including phenoxy) is 1. The largest absolute Gasteiger partial charge is 0.370 e. The van der Waals surface area contributed by atoms with E-state index in [1.54, 1.807) is 7.11 Å². The molecule has 1 aliphatic rings. The van der Waals surface area contributed by atoms with Crippen molar-refractivity contribution in [3.05, 3.63) is 11.7 Å². The van der Waals surface area contributed by atoms with Gasteiger partial charge in [-0.2, -0.15) is 4.98 Å². The Kier molecular flexibility index (Phi) is 4.21. The lowest BCUT2D eigenvalue weighted by Gasteiger charge is -2.35. The lowest BCUT2D eigenvalue weighted by molar-refractivity contribution is -0.0609. The van der Waals surface area contributed by atoms with Crippen LogP contribution in [0.5, 0.6) is 0 Å². The first-order chi connectivity index (χ1) is 9.28. The van der Waals surface area contributed by atoms with Crippen LogP contribution in [-0.4, -0.2) is 17.3 Å². The van der Waals surface area contributed by atoms with Crippen molar-refractivity contribution >= 4 is 0 Å². The maximum atomic E-state index is 6.18. The van der Waals surface area contributed by atoms with Crippen LogP contribution in [0.3, 0.4) is 0 Å². The highest BCUT2D eigenvalue weighted by molar-refractivity contribution is 5.06. The second-order valence-electron chi connectivity index (χ2n) is 7.18. The van der Waals surface area contributed by atoms with Gasteiger partial charge in [-0.25, -0.2) is 0 Å². The van der Waals surface area contributed by atoms with Crippen molar-refractivity contribution in [3.8, 4) is 0 Å². The van der Waals surface area contributed by atoms with E-state index in [4.69, 9.17) is 15.0 Å². The predicted molar refractivity (Wildman–Crippen MR) is 77.0 cm³/mol. The highest BCUT2D eigenvalue weighted by Crippen LogP contribution is 2.41. The Morgan fingerprint density at radius 3 is 2.45 bits per heavy atom. The van der Waals surface area contributed by atoms with Crippen LogP contribution in [-0.2, 0) is 10.3 Å². The van der Waals surface area contributed by atoms with E-state index in [0.29, 0.717) is 11.7 Å². The number of rotatable bonds is 3. The van der Waals surface area contributed by atoms with Gasteiger partial charge in [0.2, 0.25) is 11.7 Å². The van der Waals surface area contributed by atoms with Crippen LogP contribution < -0.4 is 5.73 Å². The molecule has 0 aromatic carbocycles. The molecule has 1 unspecified atom stereocenters. The molecule has 2 N–H and O–H groups in total. The lowest BCUT2D eigenvalue weighted by Crippen LogP contribution is -2.34. The Labute approximate surface area is 121 Å². The number of nitrogens with zero attached hydrogens (tertiary/aromatic N) is 2. The van der Waals surface area contributed by atoms with Crippen LogP contribution in [0.1, 0.15) is 71.1 Å². The maximum Gasteiger partial charge on any atom is 0.244 e. The monoisotopic (exact) mass is 281 g/mol. The zero-order valence-corrected chi connectivity index (χ0v) is 13.3. The first kappa shape index (κ1) is 15.4. The van der Waals surface area contributed by atoms with Gasteiger partial charge in [0.25, 0.3) is 0 Å². The summed E-state index contributed by atoms with van der Waals surface area (Å²) in [6.07, 6.45) is 4.13. The van der Waals surface area contributed by atoms with Crippen molar-refractivity contribution < 1.29 is 9.26 Å². The minimum Gasteiger partial charge on any atom is -0.370 e. The van der Waals surface area contributed by atoms with Gasteiger partial charge in [-0.3, -0.25) is 0 Å². The SMILES string of the molecule is COC1(c2noc(C(N)C(C)(C)C)n2)CCC(C)CC1. The van der Waals surface area contributed by atoms with Crippen molar-refractivity contribution in [3.63, 3.8) is 0 Å². The van der Waals surface area contributed by atoms with Gasteiger partial charge in [0.05, 0.1) is 6.04 Å². The van der Waals surface area contributed by atoms with Crippen LogP contribution in [0.15, 0.2) is 4.52 Å². The fraction of sp³-hybridized carbons (Fsp3) is 0.867. The Balaban J connectivity index is 2.23. The summed E-state index contributed by atoms with van der Waals surface area (Å²) >= 11 is 0. The zero-order chi connectivity index (χ0) is 15.0. The molecule has 0 spiro atoms. The molecule has 5 nitrogen and oxygen atoms in total. The summed E-state index contributed by atoms with van der Waals surface area (Å²) in [7, 11) is 1.73. The summed E-state index contributed by atoms with van der Waals surface area (Å²) in [5.74, 6) is 1.89. The highest BCUT2D eigenvalue weighted by atomic mass is 16.5. The van der Waals surface area contributed by atoms with Crippen molar-refractivity contribution in [1.29, 1.82) is 0 Å². The van der Waals surface area contributed by atoms with Gasteiger partial charge in [-0.15, -0.1) is 0 Å². The molecule has 114 valence electrons. The van der Waals surface area contributed by atoms with Crippen LogP contribution in [0.25, 0.3) is 0 Å². The molecule has 0 saturated heterocycles. The Morgan fingerprint density at radius 2 is 1.95 bits per heavy atom. The third kappa shape index (κ3) is 2.88. The molecule has 1 saturated carbocycles. The number of nitrogens with two attached hydrogens (primary N) is 1. The Bertz CT molecular complexity index is 442. The van der Waals surface area contributed by atoms with E-state index in [9.17, 15) is 0 Å².